The number of anilines is 3. The molecule has 84 heavy (non-hydrogen) atoms. The van der Waals surface area contributed by atoms with Crippen LogP contribution in [0.25, 0.3) is 148 Å². The highest BCUT2D eigenvalue weighted by Crippen LogP contribution is 2.47. The quantitative estimate of drug-likeness (QED) is 0.112. The molecule has 4 nitrogen and oxygen atoms in total. The molecule has 0 unspecified atom stereocenters. The minimum absolute atomic E-state index is 0.601. The van der Waals surface area contributed by atoms with Gasteiger partial charge < -0.3 is 4.90 Å². The van der Waals surface area contributed by atoms with E-state index in [9.17, 15) is 0 Å². The molecule has 15 aromatic carbocycles. The summed E-state index contributed by atoms with van der Waals surface area (Å²) < 4.78 is 2.33. The van der Waals surface area contributed by atoms with Crippen molar-refractivity contribution in [3.63, 3.8) is 0 Å². The van der Waals surface area contributed by atoms with E-state index in [0.29, 0.717) is 5.95 Å². The molecule has 0 saturated heterocycles. The lowest BCUT2D eigenvalue weighted by molar-refractivity contribution is 0.997. The second-order valence-electron chi connectivity index (χ2n) is 22.1. The Hall–Kier alpha value is -11.2. The zero-order valence-electron chi connectivity index (χ0n) is 45.7. The van der Waals surface area contributed by atoms with Crippen LogP contribution >= 0.6 is 0 Å². The summed E-state index contributed by atoms with van der Waals surface area (Å²) in [5.74, 6) is 0.601. The first-order valence-electron chi connectivity index (χ1n) is 28.8. The standard InChI is InChI=1S/C80H50N4/c1-4-18-51(19-5-1)58-38-42-74-73(47-58)77-69-50-72-68-41-40-65(83(63-26-6-2-7-27-63)64-28-8-3-9-29-64)49-71(68)67-31-17-16-30-66(67)70(72)48-59(69)39-43-75(77)84(74)80-81-78(61-36-33-53-21-11-14-24-56(53)45-61)76(60-35-32-52-20-10-13-23-55(52)44-60)79(82-80)62-37-34-54-22-12-15-25-57(54)46-62/h1-50H. The van der Waals surface area contributed by atoms with E-state index in [1.165, 1.54) is 59.2 Å². The molecule has 0 atom stereocenters. The third-order valence-electron chi connectivity index (χ3n) is 17.3. The number of rotatable bonds is 8. The highest BCUT2D eigenvalue weighted by atomic mass is 15.2. The van der Waals surface area contributed by atoms with Crippen LogP contribution in [0.4, 0.5) is 17.1 Å². The average Bonchev–Trinajstić information content (AvgIpc) is 2.47. The van der Waals surface area contributed by atoms with Crippen LogP contribution in [0.15, 0.2) is 303 Å². The van der Waals surface area contributed by atoms with Crippen LogP contribution in [0.2, 0.25) is 0 Å². The average molecular weight is 1070 g/mol. The zero-order valence-corrected chi connectivity index (χ0v) is 45.7. The van der Waals surface area contributed by atoms with Crippen LogP contribution in [-0.4, -0.2) is 14.5 Å². The van der Waals surface area contributed by atoms with Gasteiger partial charge in [0.2, 0.25) is 5.95 Å². The zero-order chi connectivity index (χ0) is 55.2. The van der Waals surface area contributed by atoms with Crippen molar-refractivity contribution in [3.8, 4) is 50.7 Å². The van der Waals surface area contributed by atoms with Gasteiger partial charge in [-0.25, -0.2) is 9.97 Å². The van der Waals surface area contributed by atoms with E-state index in [1.54, 1.807) is 0 Å². The number of para-hydroxylation sites is 2. The molecule has 2 aromatic heterocycles. The Morgan fingerprint density at radius 2 is 0.690 bits per heavy atom. The fourth-order valence-electron chi connectivity index (χ4n) is 13.3. The van der Waals surface area contributed by atoms with E-state index >= 15 is 0 Å². The first-order chi connectivity index (χ1) is 41.6. The number of nitrogens with zero attached hydrogens (tertiary/aromatic N) is 4. The van der Waals surface area contributed by atoms with Crippen molar-refractivity contribution in [3.05, 3.63) is 303 Å². The maximum absolute atomic E-state index is 5.90. The summed E-state index contributed by atoms with van der Waals surface area (Å²) in [7, 11) is 0. The highest BCUT2D eigenvalue weighted by Gasteiger charge is 2.25. The monoisotopic (exact) mass is 1070 g/mol. The molecular weight excluding hydrogens is 1020 g/mol. The van der Waals surface area contributed by atoms with Gasteiger partial charge in [0.15, 0.2) is 0 Å². The predicted molar refractivity (Wildman–Crippen MR) is 355 cm³/mol. The minimum atomic E-state index is 0.601. The summed E-state index contributed by atoms with van der Waals surface area (Å²) in [5, 5.41) is 18.9. The summed E-state index contributed by atoms with van der Waals surface area (Å²) in [6.45, 7) is 0. The van der Waals surface area contributed by atoms with Crippen molar-refractivity contribution in [2.75, 3.05) is 4.90 Å². The lowest BCUT2D eigenvalue weighted by Crippen LogP contribution is -2.09. The molecule has 2 heterocycles. The van der Waals surface area contributed by atoms with Gasteiger partial charge in [0.05, 0.1) is 22.4 Å². The minimum Gasteiger partial charge on any atom is -0.310 e. The fraction of sp³-hybridized carbons (Fsp3) is 0. The Morgan fingerprint density at radius 1 is 0.238 bits per heavy atom. The van der Waals surface area contributed by atoms with Gasteiger partial charge >= 0.3 is 0 Å². The lowest BCUT2D eigenvalue weighted by Gasteiger charge is -2.26. The SMILES string of the molecule is c1ccc(-c2ccc3c(c2)c2c4cc5c6ccc(N(c7ccccc7)c7ccccc7)cc6c6ccccc6c5cc4ccc2n3-c2nc(-c3ccc4ccccc4c3)c(-c3ccc4ccccc4c3)c(-c3ccc4ccccc4c3)n2)cc1. The molecular formula is C80H50N4. The summed E-state index contributed by atoms with van der Waals surface area (Å²) in [5.41, 5.74) is 13.5. The second-order valence-corrected chi connectivity index (χ2v) is 22.1. The van der Waals surface area contributed by atoms with Gasteiger partial charge in [-0.15, -0.1) is 0 Å². The number of aromatic nitrogens is 3. The topological polar surface area (TPSA) is 34.0 Å². The molecule has 0 fully saturated rings. The third kappa shape index (κ3) is 7.76. The summed E-state index contributed by atoms with van der Waals surface area (Å²) in [6, 6.07) is 111. The van der Waals surface area contributed by atoms with E-state index < -0.39 is 0 Å². The summed E-state index contributed by atoms with van der Waals surface area (Å²) in [4.78, 5) is 14.2. The molecule has 0 aliphatic rings. The molecule has 0 radical (unpaired) electrons. The molecule has 17 rings (SSSR count). The Kier molecular flexibility index (Phi) is 10.9. The van der Waals surface area contributed by atoms with E-state index in [1.807, 2.05) is 0 Å². The molecule has 0 amide bonds. The van der Waals surface area contributed by atoms with Crippen molar-refractivity contribution in [2.24, 2.45) is 0 Å². The van der Waals surface area contributed by atoms with Crippen molar-refractivity contribution >= 4 is 114 Å². The molecule has 0 saturated carbocycles. The van der Waals surface area contributed by atoms with Gasteiger partial charge in [-0.1, -0.05) is 218 Å². The van der Waals surface area contributed by atoms with Gasteiger partial charge in [0, 0.05) is 44.5 Å². The van der Waals surface area contributed by atoms with Crippen LogP contribution in [0, 0.1) is 0 Å². The lowest BCUT2D eigenvalue weighted by atomic mass is 9.91. The molecule has 0 N–H and O–H groups in total. The number of hydrogen-bond donors (Lipinski definition) is 0. The Labute approximate surface area is 485 Å². The molecule has 0 bridgehead atoms. The summed E-state index contributed by atoms with van der Waals surface area (Å²) >= 11 is 0. The van der Waals surface area contributed by atoms with E-state index in [0.717, 1.165) is 99.8 Å². The van der Waals surface area contributed by atoms with Gasteiger partial charge in [0.25, 0.3) is 0 Å². The Bertz CT molecular complexity index is 5360. The Morgan fingerprint density at radius 3 is 1.29 bits per heavy atom. The molecule has 17 aromatic rings. The van der Waals surface area contributed by atoms with Gasteiger partial charge in [-0.3, -0.25) is 4.57 Å². The molecule has 0 aliphatic heterocycles. The number of hydrogen-bond acceptors (Lipinski definition) is 3. The van der Waals surface area contributed by atoms with Crippen LogP contribution in [0.3, 0.4) is 0 Å². The van der Waals surface area contributed by atoms with E-state index in [-0.39, 0.29) is 0 Å². The third-order valence-corrected chi connectivity index (χ3v) is 17.3. The Balaban J connectivity index is 0.974. The van der Waals surface area contributed by atoms with Crippen LogP contribution in [0.1, 0.15) is 0 Å². The molecule has 0 spiro atoms. The number of benzene rings is 15. The van der Waals surface area contributed by atoms with E-state index in [2.05, 4.69) is 313 Å². The largest absolute Gasteiger partial charge is 0.310 e. The summed E-state index contributed by atoms with van der Waals surface area (Å²) in [6.07, 6.45) is 0. The number of fused-ring (bicyclic) bond motifs is 14. The predicted octanol–water partition coefficient (Wildman–Crippen LogP) is 21.8. The second kappa shape index (κ2) is 19.2. The first-order valence-corrected chi connectivity index (χ1v) is 28.8. The maximum atomic E-state index is 5.90. The van der Waals surface area contributed by atoms with Crippen molar-refractivity contribution in [1.82, 2.24) is 14.5 Å². The van der Waals surface area contributed by atoms with Gasteiger partial charge in [-0.2, -0.15) is 0 Å². The molecule has 390 valence electrons. The maximum Gasteiger partial charge on any atom is 0.235 e. The van der Waals surface area contributed by atoms with Gasteiger partial charge in [0.1, 0.15) is 0 Å². The van der Waals surface area contributed by atoms with Crippen molar-refractivity contribution in [1.29, 1.82) is 0 Å². The highest BCUT2D eigenvalue weighted by molar-refractivity contribution is 6.31. The normalized spacial score (nSPS) is 11.8. The smallest absolute Gasteiger partial charge is 0.235 e. The first kappa shape index (κ1) is 47.6. The van der Waals surface area contributed by atoms with Gasteiger partial charge in [-0.05, 0) is 177 Å². The molecule has 4 heteroatoms. The van der Waals surface area contributed by atoms with Crippen LogP contribution < -0.4 is 4.90 Å². The van der Waals surface area contributed by atoms with Crippen molar-refractivity contribution in [2.45, 2.75) is 0 Å². The van der Waals surface area contributed by atoms with Crippen molar-refractivity contribution < 1.29 is 0 Å². The van der Waals surface area contributed by atoms with E-state index in [4.69, 9.17) is 9.97 Å². The fourth-order valence-corrected chi connectivity index (χ4v) is 13.3. The van der Waals surface area contributed by atoms with Crippen LogP contribution in [-0.2, 0) is 0 Å². The molecule has 0 aliphatic carbocycles. The van der Waals surface area contributed by atoms with Crippen LogP contribution in [0.5, 0.6) is 0 Å².